The topological polar surface area (TPSA) is 86.8 Å². The molecule has 0 radical (unpaired) electrons. The number of nitrogens with zero attached hydrogens (tertiary/aromatic N) is 2. The number of sulfonamides is 1. The predicted octanol–water partition coefficient (Wildman–Crippen LogP) is 7.24. The Morgan fingerprint density at radius 2 is 1.65 bits per heavy atom. The van der Waals surface area contributed by atoms with Crippen molar-refractivity contribution >= 4 is 62.3 Å². The molecule has 1 aliphatic rings. The number of rotatable bonds is 11. The van der Waals surface area contributed by atoms with Crippen molar-refractivity contribution in [2.75, 3.05) is 10.8 Å². The minimum absolute atomic E-state index is 0.00249. The molecule has 0 heterocycles. The number of hydrogen-bond donors (Lipinski definition) is 1. The molecule has 1 aliphatic carbocycles. The zero-order valence-electron chi connectivity index (χ0n) is 23.6. The number of benzene rings is 3. The van der Waals surface area contributed by atoms with Crippen LogP contribution in [0.4, 0.5) is 10.1 Å². The Kier molecular flexibility index (Phi) is 11.3. The summed E-state index contributed by atoms with van der Waals surface area (Å²) >= 11 is 18.6. The minimum Gasteiger partial charge on any atom is -0.352 e. The van der Waals surface area contributed by atoms with E-state index in [4.69, 9.17) is 34.8 Å². The van der Waals surface area contributed by atoms with Crippen LogP contribution in [0.3, 0.4) is 0 Å². The molecule has 1 saturated carbocycles. The Hall–Kier alpha value is -2.85. The highest BCUT2D eigenvalue weighted by molar-refractivity contribution is 7.92. The number of nitrogens with one attached hydrogen (secondary N) is 1. The fourth-order valence-corrected chi connectivity index (χ4v) is 7.26. The van der Waals surface area contributed by atoms with Gasteiger partial charge in [-0.1, -0.05) is 85.3 Å². The molecular formula is C31H33Cl3FN3O4S. The van der Waals surface area contributed by atoms with Gasteiger partial charge in [0.25, 0.3) is 10.0 Å². The maximum absolute atomic E-state index is 14.2. The van der Waals surface area contributed by atoms with E-state index >= 15 is 0 Å². The standard InChI is InChI=1S/C31H33Cl3FN3O4S/c1-2-29(31(40)36-23-9-5-3-6-10-23)37(19-21-13-14-22(32)17-26(21)33)30(39)20-38(24-15-16-28(35)27(34)18-24)43(41,42)25-11-7-4-8-12-25/h4,7-8,11-18,23,29H,2-3,5-6,9-10,19-20H2,1H3,(H,36,40)/t29-/m0/s1. The Balaban J connectivity index is 1.73. The number of hydrogen-bond acceptors (Lipinski definition) is 4. The second-order valence-electron chi connectivity index (χ2n) is 10.4. The van der Waals surface area contributed by atoms with Crippen LogP contribution in [-0.2, 0) is 26.2 Å². The van der Waals surface area contributed by atoms with Crippen LogP contribution >= 0.6 is 34.8 Å². The van der Waals surface area contributed by atoms with Crippen molar-refractivity contribution in [2.45, 2.75) is 69.0 Å². The van der Waals surface area contributed by atoms with E-state index < -0.39 is 34.3 Å². The summed E-state index contributed by atoms with van der Waals surface area (Å²) in [5.41, 5.74) is 0.526. The average Bonchev–Trinajstić information content (AvgIpc) is 2.99. The summed E-state index contributed by atoms with van der Waals surface area (Å²) in [4.78, 5) is 29.1. The van der Waals surface area contributed by atoms with Crippen LogP contribution in [0.15, 0.2) is 71.6 Å². The fraction of sp³-hybridized carbons (Fsp3) is 0.355. The number of anilines is 1. The van der Waals surface area contributed by atoms with E-state index in [9.17, 15) is 22.4 Å². The summed E-state index contributed by atoms with van der Waals surface area (Å²) in [6.07, 6.45) is 5.11. The van der Waals surface area contributed by atoms with Crippen molar-refractivity contribution in [3.63, 3.8) is 0 Å². The summed E-state index contributed by atoms with van der Waals surface area (Å²) in [7, 11) is -4.31. The molecule has 3 aromatic carbocycles. The van der Waals surface area contributed by atoms with Crippen LogP contribution in [0, 0.1) is 5.82 Å². The van der Waals surface area contributed by atoms with Crippen molar-refractivity contribution in [1.82, 2.24) is 10.2 Å². The summed E-state index contributed by atoms with van der Waals surface area (Å²) in [6.45, 7) is 1.03. The molecule has 0 saturated heterocycles. The van der Waals surface area contributed by atoms with Gasteiger partial charge in [0, 0.05) is 22.6 Å². The van der Waals surface area contributed by atoms with E-state index in [1.54, 1.807) is 37.3 Å². The van der Waals surface area contributed by atoms with E-state index in [2.05, 4.69) is 5.32 Å². The van der Waals surface area contributed by atoms with Crippen molar-refractivity contribution in [1.29, 1.82) is 0 Å². The fourth-order valence-electron chi connectivity index (χ4n) is 5.19. The highest BCUT2D eigenvalue weighted by atomic mass is 35.5. The lowest BCUT2D eigenvalue weighted by molar-refractivity contribution is -0.140. The van der Waals surface area contributed by atoms with Crippen molar-refractivity contribution in [3.8, 4) is 0 Å². The van der Waals surface area contributed by atoms with Gasteiger partial charge in [-0.05, 0) is 67.3 Å². The molecule has 7 nitrogen and oxygen atoms in total. The van der Waals surface area contributed by atoms with E-state index in [0.717, 1.165) is 48.5 Å². The first-order chi connectivity index (χ1) is 20.5. The third-order valence-electron chi connectivity index (χ3n) is 7.49. The zero-order chi connectivity index (χ0) is 31.1. The van der Waals surface area contributed by atoms with Gasteiger partial charge in [0.1, 0.15) is 18.4 Å². The summed E-state index contributed by atoms with van der Waals surface area (Å²) in [6, 6.07) is 14.9. The lowest BCUT2D eigenvalue weighted by Gasteiger charge is -2.34. The van der Waals surface area contributed by atoms with Gasteiger partial charge < -0.3 is 10.2 Å². The average molecular weight is 669 g/mol. The molecule has 43 heavy (non-hydrogen) atoms. The molecule has 0 spiro atoms. The number of carbonyl (C=O) groups excluding carboxylic acids is 2. The van der Waals surface area contributed by atoms with Crippen LogP contribution in [0.5, 0.6) is 0 Å². The van der Waals surface area contributed by atoms with Gasteiger partial charge in [-0.2, -0.15) is 0 Å². The third-order valence-corrected chi connectivity index (χ3v) is 10.2. The van der Waals surface area contributed by atoms with Gasteiger partial charge in [-0.15, -0.1) is 0 Å². The van der Waals surface area contributed by atoms with Crippen LogP contribution < -0.4 is 9.62 Å². The Morgan fingerprint density at radius 3 is 2.28 bits per heavy atom. The molecule has 0 unspecified atom stereocenters. The highest BCUT2D eigenvalue weighted by Crippen LogP contribution is 2.29. The van der Waals surface area contributed by atoms with Crippen molar-refractivity contribution in [2.24, 2.45) is 0 Å². The maximum Gasteiger partial charge on any atom is 0.264 e. The van der Waals surface area contributed by atoms with Gasteiger partial charge in [-0.3, -0.25) is 13.9 Å². The first-order valence-corrected chi connectivity index (χ1v) is 16.6. The van der Waals surface area contributed by atoms with Crippen LogP contribution in [0.2, 0.25) is 15.1 Å². The lowest BCUT2D eigenvalue weighted by Crippen LogP contribution is -2.54. The first-order valence-electron chi connectivity index (χ1n) is 14.1. The molecule has 12 heteroatoms. The normalized spacial score (nSPS) is 14.6. The molecule has 3 aromatic rings. The van der Waals surface area contributed by atoms with E-state index in [-0.39, 0.29) is 40.5 Å². The molecule has 4 rings (SSSR count). The van der Waals surface area contributed by atoms with Gasteiger partial charge in [0.15, 0.2) is 0 Å². The molecule has 2 amide bonds. The molecule has 0 aromatic heterocycles. The summed E-state index contributed by atoms with van der Waals surface area (Å²) < 4.78 is 42.7. The number of carbonyl (C=O) groups is 2. The van der Waals surface area contributed by atoms with Gasteiger partial charge in [0.05, 0.1) is 15.6 Å². The second-order valence-corrected chi connectivity index (χ2v) is 13.6. The molecule has 1 N–H and O–H groups in total. The monoisotopic (exact) mass is 667 g/mol. The Bertz CT molecular complexity index is 1550. The van der Waals surface area contributed by atoms with E-state index in [1.165, 1.54) is 29.2 Å². The minimum atomic E-state index is -4.31. The van der Waals surface area contributed by atoms with Gasteiger partial charge >= 0.3 is 0 Å². The first kappa shape index (κ1) is 33.1. The summed E-state index contributed by atoms with van der Waals surface area (Å²) in [5.74, 6) is -1.72. The van der Waals surface area contributed by atoms with Crippen LogP contribution in [0.25, 0.3) is 0 Å². The highest BCUT2D eigenvalue weighted by Gasteiger charge is 2.35. The van der Waals surface area contributed by atoms with Crippen molar-refractivity contribution < 1.29 is 22.4 Å². The van der Waals surface area contributed by atoms with Gasteiger partial charge in [-0.25, -0.2) is 12.8 Å². The quantitative estimate of drug-likeness (QED) is 0.234. The van der Waals surface area contributed by atoms with Crippen molar-refractivity contribution in [3.05, 3.63) is 93.2 Å². The molecule has 0 bridgehead atoms. The number of amides is 2. The molecule has 230 valence electrons. The second kappa shape index (κ2) is 14.8. The number of halogens is 4. The zero-order valence-corrected chi connectivity index (χ0v) is 26.7. The van der Waals surface area contributed by atoms with Crippen LogP contribution in [-0.4, -0.2) is 43.8 Å². The van der Waals surface area contributed by atoms with E-state index in [1.807, 2.05) is 0 Å². The molecular weight excluding hydrogens is 636 g/mol. The lowest BCUT2D eigenvalue weighted by atomic mass is 9.95. The SMILES string of the molecule is CC[C@@H](C(=O)NC1CCCCC1)N(Cc1ccc(Cl)cc1Cl)C(=O)CN(c1ccc(F)c(Cl)c1)S(=O)(=O)c1ccccc1. The van der Waals surface area contributed by atoms with Gasteiger partial charge in [0.2, 0.25) is 11.8 Å². The molecule has 0 aliphatic heterocycles. The molecule has 1 atom stereocenters. The summed E-state index contributed by atoms with van der Waals surface area (Å²) in [5, 5.41) is 3.49. The van der Waals surface area contributed by atoms with E-state index in [0.29, 0.717) is 15.6 Å². The smallest absolute Gasteiger partial charge is 0.264 e. The Morgan fingerprint density at radius 1 is 0.953 bits per heavy atom. The maximum atomic E-state index is 14.2. The Labute approximate surface area is 267 Å². The predicted molar refractivity (Wildman–Crippen MR) is 168 cm³/mol. The van der Waals surface area contributed by atoms with Crippen LogP contribution in [0.1, 0.15) is 51.0 Å². The third kappa shape index (κ3) is 8.20. The molecule has 1 fully saturated rings. The largest absolute Gasteiger partial charge is 0.352 e.